The molecule has 2 amide bonds. The molecule has 0 aromatic rings. The zero-order valence-electron chi connectivity index (χ0n) is 13.1. The lowest BCUT2D eigenvalue weighted by atomic mass is 9.90. The van der Waals surface area contributed by atoms with Crippen LogP contribution in [0.2, 0.25) is 0 Å². The van der Waals surface area contributed by atoms with Crippen molar-refractivity contribution in [1.29, 1.82) is 0 Å². The van der Waals surface area contributed by atoms with E-state index in [1.54, 1.807) is 4.90 Å². The highest BCUT2D eigenvalue weighted by molar-refractivity contribution is 5.83. The Morgan fingerprint density at radius 1 is 1.19 bits per heavy atom. The number of amides is 2. The van der Waals surface area contributed by atoms with Crippen molar-refractivity contribution in [3.8, 4) is 0 Å². The van der Waals surface area contributed by atoms with E-state index in [0.717, 1.165) is 19.4 Å². The van der Waals surface area contributed by atoms with Gasteiger partial charge in [0.15, 0.2) is 0 Å². The van der Waals surface area contributed by atoms with Gasteiger partial charge in [-0.15, -0.1) is 0 Å². The second-order valence-corrected chi connectivity index (χ2v) is 5.94. The van der Waals surface area contributed by atoms with Crippen molar-refractivity contribution in [2.75, 3.05) is 46.4 Å². The van der Waals surface area contributed by atoms with E-state index in [-0.39, 0.29) is 24.5 Å². The van der Waals surface area contributed by atoms with Crippen molar-refractivity contribution < 1.29 is 14.3 Å². The SMILES string of the molecule is CCC1CCNC(C(=O)N2CCN(C(=O)COC)CC2)C1. The van der Waals surface area contributed by atoms with Crippen LogP contribution in [0.15, 0.2) is 0 Å². The van der Waals surface area contributed by atoms with Crippen LogP contribution in [-0.2, 0) is 14.3 Å². The summed E-state index contributed by atoms with van der Waals surface area (Å²) in [5, 5.41) is 3.34. The summed E-state index contributed by atoms with van der Waals surface area (Å²) in [5.41, 5.74) is 0. The van der Waals surface area contributed by atoms with Crippen LogP contribution in [-0.4, -0.2) is 74.1 Å². The van der Waals surface area contributed by atoms with Gasteiger partial charge in [0.2, 0.25) is 11.8 Å². The Morgan fingerprint density at radius 3 is 2.48 bits per heavy atom. The molecule has 0 spiro atoms. The second kappa shape index (κ2) is 7.75. The fraction of sp³-hybridized carbons (Fsp3) is 0.867. The predicted octanol–water partition coefficient (Wildman–Crippen LogP) is 0.0818. The van der Waals surface area contributed by atoms with E-state index in [1.807, 2.05) is 4.90 Å². The molecular formula is C15H27N3O3. The zero-order valence-corrected chi connectivity index (χ0v) is 13.1. The van der Waals surface area contributed by atoms with Crippen LogP contribution in [0.4, 0.5) is 0 Å². The first-order valence-corrected chi connectivity index (χ1v) is 7.94. The van der Waals surface area contributed by atoms with Crippen LogP contribution < -0.4 is 5.32 Å². The molecule has 2 rings (SSSR count). The molecule has 0 aliphatic carbocycles. The van der Waals surface area contributed by atoms with Crippen molar-refractivity contribution in [2.45, 2.75) is 32.2 Å². The number of rotatable bonds is 4. The summed E-state index contributed by atoms with van der Waals surface area (Å²) < 4.78 is 4.87. The Kier molecular flexibility index (Phi) is 5.99. The van der Waals surface area contributed by atoms with E-state index in [1.165, 1.54) is 13.5 Å². The summed E-state index contributed by atoms with van der Waals surface area (Å²) >= 11 is 0. The minimum atomic E-state index is -0.0371. The summed E-state index contributed by atoms with van der Waals surface area (Å²) in [4.78, 5) is 28.0. The monoisotopic (exact) mass is 297 g/mol. The number of hydrogen-bond donors (Lipinski definition) is 1. The quantitative estimate of drug-likeness (QED) is 0.798. The third-order valence-corrected chi connectivity index (χ3v) is 4.60. The number of carbonyl (C=O) groups excluding carboxylic acids is 2. The van der Waals surface area contributed by atoms with Gasteiger partial charge in [-0.2, -0.15) is 0 Å². The van der Waals surface area contributed by atoms with Gasteiger partial charge in [0.25, 0.3) is 0 Å². The van der Waals surface area contributed by atoms with Gasteiger partial charge in [0.1, 0.15) is 6.61 Å². The van der Waals surface area contributed by atoms with Crippen LogP contribution in [0.25, 0.3) is 0 Å². The lowest BCUT2D eigenvalue weighted by Crippen LogP contribution is -2.56. The Labute approximate surface area is 126 Å². The fourth-order valence-corrected chi connectivity index (χ4v) is 3.17. The Balaban J connectivity index is 1.81. The second-order valence-electron chi connectivity index (χ2n) is 5.94. The van der Waals surface area contributed by atoms with Crippen LogP contribution in [0, 0.1) is 5.92 Å². The molecule has 0 bridgehead atoms. The molecular weight excluding hydrogens is 270 g/mol. The van der Waals surface area contributed by atoms with Gasteiger partial charge in [-0.05, 0) is 25.3 Å². The number of ether oxygens (including phenoxy) is 1. The standard InChI is InChI=1S/C15H27N3O3/c1-3-12-4-5-16-13(10-12)15(20)18-8-6-17(7-9-18)14(19)11-21-2/h12-13,16H,3-11H2,1-2H3. The predicted molar refractivity (Wildman–Crippen MR) is 79.8 cm³/mol. The third-order valence-electron chi connectivity index (χ3n) is 4.60. The number of piperazine rings is 1. The normalized spacial score (nSPS) is 26.8. The molecule has 2 saturated heterocycles. The molecule has 2 aliphatic heterocycles. The molecule has 6 nitrogen and oxygen atoms in total. The summed E-state index contributed by atoms with van der Waals surface area (Å²) in [7, 11) is 1.52. The van der Waals surface area contributed by atoms with Crippen molar-refractivity contribution in [3.63, 3.8) is 0 Å². The average molecular weight is 297 g/mol. The van der Waals surface area contributed by atoms with Crippen LogP contribution in [0.1, 0.15) is 26.2 Å². The van der Waals surface area contributed by atoms with Gasteiger partial charge in [-0.3, -0.25) is 9.59 Å². The van der Waals surface area contributed by atoms with E-state index < -0.39 is 0 Å². The van der Waals surface area contributed by atoms with Crippen molar-refractivity contribution in [1.82, 2.24) is 15.1 Å². The average Bonchev–Trinajstić information content (AvgIpc) is 2.54. The molecule has 21 heavy (non-hydrogen) atoms. The minimum Gasteiger partial charge on any atom is -0.375 e. The molecule has 2 fully saturated rings. The summed E-state index contributed by atoms with van der Waals surface area (Å²) in [6, 6.07) is -0.0371. The van der Waals surface area contributed by atoms with Crippen molar-refractivity contribution in [3.05, 3.63) is 0 Å². The van der Waals surface area contributed by atoms with E-state index >= 15 is 0 Å². The molecule has 6 heteroatoms. The molecule has 0 aromatic carbocycles. The van der Waals surface area contributed by atoms with E-state index in [9.17, 15) is 9.59 Å². The Bertz CT molecular complexity index is 367. The van der Waals surface area contributed by atoms with Gasteiger partial charge in [-0.1, -0.05) is 13.3 Å². The van der Waals surface area contributed by atoms with Gasteiger partial charge >= 0.3 is 0 Å². The lowest BCUT2D eigenvalue weighted by molar-refractivity contribution is -0.143. The topological polar surface area (TPSA) is 61.9 Å². The van der Waals surface area contributed by atoms with Gasteiger partial charge in [0, 0.05) is 33.3 Å². The third kappa shape index (κ3) is 4.17. The molecule has 0 saturated carbocycles. The number of piperidine rings is 1. The van der Waals surface area contributed by atoms with Crippen molar-refractivity contribution >= 4 is 11.8 Å². The number of methoxy groups -OCH3 is 1. The molecule has 2 aliphatic rings. The lowest BCUT2D eigenvalue weighted by Gasteiger charge is -2.38. The van der Waals surface area contributed by atoms with Crippen LogP contribution in [0.5, 0.6) is 0 Å². The summed E-state index contributed by atoms with van der Waals surface area (Å²) in [6.07, 6.45) is 3.25. The highest BCUT2D eigenvalue weighted by Gasteiger charge is 2.31. The molecule has 0 radical (unpaired) electrons. The minimum absolute atomic E-state index is 0.00596. The molecule has 1 N–H and O–H groups in total. The highest BCUT2D eigenvalue weighted by atomic mass is 16.5. The smallest absolute Gasteiger partial charge is 0.248 e. The molecule has 120 valence electrons. The molecule has 2 heterocycles. The molecule has 2 atom stereocenters. The fourth-order valence-electron chi connectivity index (χ4n) is 3.17. The van der Waals surface area contributed by atoms with Gasteiger partial charge < -0.3 is 19.9 Å². The first-order valence-electron chi connectivity index (χ1n) is 7.94. The van der Waals surface area contributed by atoms with E-state index in [4.69, 9.17) is 4.74 Å². The molecule has 0 aromatic heterocycles. The van der Waals surface area contributed by atoms with Gasteiger partial charge in [0.05, 0.1) is 6.04 Å². The van der Waals surface area contributed by atoms with Crippen molar-refractivity contribution in [2.24, 2.45) is 5.92 Å². The summed E-state index contributed by atoms with van der Waals surface area (Å²) in [6.45, 7) is 5.72. The van der Waals surface area contributed by atoms with Gasteiger partial charge in [-0.25, -0.2) is 0 Å². The maximum atomic E-state index is 12.6. The van der Waals surface area contributed by atoms with Crippen LogP contribution in [0.3, 0.4) is 0 Å². The number of hydrogen-bond acceptors (Lipinski definition) is 4. The highest BCUT2D eigenvalue weighted by Crippen LogP contribution is 2.20. The maximum absolute atomic E-state index is 12.6. The van der Waals surface area contributed by atoms with Crippen LogP contribution >= 0.6 is 0 Å². The zero-order chi connectivity index (χ0) is 15.2. The molecule has 2 unspecified atom stereocenters. The maximum Gasteiger partial charge on any atom is 0.248 e. The Morgan fingerprint density at radius 2 is 1.86 bits per heavy atom. The first-order chi connectivity index (χ1) is 10.2. The number of nitrogens with one attached hydrogen (secondary N) is 1. The van der Waals surface area contributed by atoms with E-state index in [0.29, 0.717) is 32.1 Å². The van der Waals surface area contributed by atoms with E-state index in [2.05, 4.69) is 12.2 Å². The first kappa shape index (κ1) is 16.2. The number of carbonyl (C=O) groups is 2. The Hall–Kier alpha value is -1.14. The summed E-state index contributed by atoms with van der Waals surface area (Å²) in [5.74, 6) is 0.864. The number of nitrogens with zero attached hydrogens (tertiary/aromatic N) is 2. The largest absolute Gasteiger partial charge is 0.375 e.